The number of carbonyl (C=O) groups excluding carboxylic acids is 2. The normalized spacial score (nSPS) is 10.5. The van der Waals surface area contributed by atoms with E-state index >= 15 is 0 Å². The third-order valence-corrected chi connectivity index (χ3v) is 3.74. The molecule has 2 aromatic carbocycles. The van der Waals surface area contributed by atoms with E-state index in [-0.39, 0.29) is 18.2 Å². The standard InChI is InChI=1S/C20H19ClFNO5/c1-26-17-4-2-3-5-18(17)27-11-10-23-19(24)13-28-20(25)9-7-14-6-8-16(22)15(21)12-14/h2-9,12H,10-11,13H2,1H3,(H,23,24)/b9-7+. The number of ether oxygens (including phenoxy) is 3. The number of amides is 1. The van der Waals surface area contributed by atoms with E-state index in [4.69, 9.17) is 25.8 Å². The van der Waals surface area contributed by atoms with Crippen LogP contribution < -0.4 is 14.8 Å². The summed E-state index contributed by atoms with van der Waals surface area (Å²) in [6, 6.07) is 11.2. The largest absolute Gasteiger partial charge is 0.493 e. The highest BCUT2D eigenvalue weighted by Crippen LogP contribution is 2.25. The zero-order valence-electron chi connectivity index (χ0n) is 15.1. The highest BCUT2D eigenvalue weighted by Gasteiger charge is 2.06. The monoisotopic (exact) mass is 407 g/mol. The lowest BCUT2D eigenvalue weighted by Gasteiger charge is -2.10. The van der Waals surface area contributed by atoms with Crippen LogP contribution in [0.15, 0.2) is 48.5 Å². The molecular weight excluding hydrogens is 389 g/mol. The summed E-state index contributed by atoms with van der Waals surface area (Å²) >= 11 is 5.65. The molecule has 0 aliphatic heterocycles. The second-order valence-corrected chi connectivity index (χ2v) is 5.87. The van der Waals surface area contributed by atoms with Gasteiger partial charge in [0.05, 0.1) is 18.7 Å². The Labute approximate surface area is 166 Å². The molecule has 0 aliphatic rings. The van der Waals surface area contributed by atoms with Crippen LogP contribution >= 0.6 is 11.6 Å². The first-order chi connectivity index (χ1) is 13.5. The maximum Gasteiger partial charge on any atom is 0.331 e. The van der Waals surface area contributed by atoms with E-state index in [1.165, 1.54) is 31.4 Å². The van der Waals surface area contributed by atoms with Gasteiger partial charge in [0, 0.05) is 6.08 Å². The lowest BCUT2D eigenvalue weighted by molar-refractivity contribution is -0.143. The first-order valence-corrected chi connectivity index (χ1v) is 8.70. The van der Waals surface area contributed by atoms with Crippen LogP contribution in [0.2, 0.25) is 5.02 Å². The SMILES string of the molecule is COc1ccccc1OCCNC(=O)COC(=O)/C=C/c1ccc(F)c(Cl)c1. The van der Waals surface area contributed by atoms with Gasteiger partial charge in [-0.25, -0.2) is 9.18 Å². The maximum absolute atomic E-state index is 13.1. The summed E-state index contributed by atoms with van der Waals surface area (Å²) in [5.74, 6) is -0.558. The van der Waals surface area contributed by atoms with Crippen LogP contribution in [0.1, 0.15) is 5.56 Å². The summed E-state index contributed by atoms with van der Waals surface area (Å²) in [5, 5.41) is 2.52. The van der Waals surface area contributed by atoms with Gasteiger partial charge < -0.3 is 19.5 Å². The Hall–Kier alpha value is -3.06. The van der Waals surface area contributed by atoms with Gasteiger partial charge in [-0.2, -0.15) is 0 Å². The highest BCUT2D eigenvalue weighted by atomic mass is 35.5. The molecule has 1 amide bonds. The number of hydrogen-bond acceptors (Lipinski definition) is 5. The number of halogens is 2. The molecule has 1 N–H and O–H groups in total. The van der Waals surface area contributed by atoms with Crippen LogP contribution in [0.5, 0.6) is 11.5 Å². The van der Waals surface area contributed by atoms with Gasteiger partial charge in [0.1, 0.15) is 12.4 Å². The van der Waals surface area contributed by atoms with E-state index in [1.807, 2.05) is 12.1 Å². The number of nitrogens with one attached hydrogen (secondary N) is 1. The van der Waals surface area contributed by atoms with E-state index in [2.05, 4.69) is 5.32 Å². The number of rotatable bonds is 9. The molecule has 0 saturated carbocycles. The molecule has 0 saturated heterocycles. The van der Waals surface area contributed by atoms with Gasteiger partial charge in [-0.15, -0.1) is 0 Å². The third kappa shape index (κ3) is 6.92. The van der Waals surface area contributed by atoms with Crippen molar-refractivity contribution in [1.82, 2.24) is 5.32 Å². The van der Waals surface area contributed by atoms with Gasteiger partial charge in [0.25, 0.3) is 5.91 Å². The first kappa shape index (κ1) is 21.2. The number of carbonyl (C=O) groups is 2. The quantitative estimate of drug-likeness (QED) is 0.392. The fraction of sp³-hybridized carbons (Fsp3) is 0.200. The molecule has 2 aromatic rings. The Kier molecular flexibility index (Phi) is 8.30. The van der Waals surface area contributed by atoms with E-state index in [9.17, 15) is 14.0 Å². The van der Waals surface area contributed by atoms with Crippen LogP contribution in [0, 0.1) is 5.82 Å². The molecular formula is C20H19ClFNO5. The van der Waals surface area contributed by atoms with Crippen molar-refractivity contribution in [3.63, 3.8) is 0 Å². The molecule has 0 heterocycles. The lowest BCUT2D eigenvalue weighted by atomic mass is 10.2. The summed E-state index contributed by atoms with van der Waals surface area (Å²) in [6.07, 6.45) is 2.54. The molecule has 148 valence electrons. The molecule has 0 radical (unpaired) electrons. The second kappa shape index (κ2) is 10.9. The fourth-order valence-electron chi connectivity index (χ4n) is 2.11. The fourth-order valence-corrected chi connectivity index (χ4v) is 2.29. The summed E-state index contributed by atoms with van der Waals surface area (Å²) < 4.78 is 28.6. The summed E-state index contributed by atoms with van der Waals surface area (Å²) in [6.45, 7) is 0.0334. The molecule has 0 aliphatic carbocycles. The van der Waals surface area contributed by atoms with Gasteiger partial charge in [-0.3, -0.25) is 4.79 Å². The maximum atomic E-state index is 13.1. The first-order valence-electron chi connectivity index (χ1n) is 8.32. The van der Waals surface area contributed by atoms with Crippen molar-refractivity contribution in [2.45, 2.75) is 0 Å². The Morgan fingerprint density at radius 2 is 1.93 bits per heavy atom. The smallest absolute Gasteiger partial charge is 0.331 e. The number of methoxy groups -OCH3 is 1. The molecule has 8 heteroatoms. The van der Waals surface area contributed by atoms with Crippen LogP contribution in [-0.2, 0) is 14.3 Å². The van der Waals surface area contributed by atoms with Gasteiger partial charge >= 0.3 is 5.97 Å². The molecule has 0 atom stereocenters. The van der Waals surface area contributed by atoms with E-state index < -0.39 is 24.3 Å². The van der Waals surface area contributed by atoms with Gasteiger partial charge in [0.2, 0.25) is 0 Å². The van der Waals surface area contributed by atoms with E-state index in [1.54, 1.807) is 12.1 Å². The summed E-state index contributed by atoms with van der Waals surface area (Å²) in [7, 11) is 1.54. The summed E-state index contributed by atoms with van der Waals surface area (Å²) in [4.78, 5) is 23.3. The van der Waals surface area contributed by atoms with Gasteiger partial charge in [-0.1, -0.05) is 29.8 Å². The number of benzene rings is 2. The minimum atomic E-state index is -0.708. The van der Waals surface area contributed by atoms with Crippen molar-refractivity contribution in [2.24, 2.45) is 0 Å². The van der Waals surface area contributed by atoms with Gasteiger partial charge in [0.15, 0.2) is 18.1 Å². The van der Waals surface area contributed by atoms with Crippen molar-refractivity contribution in [1.29, 1.82) is 0 Å². The lowest BCUT2D eigenvalue weighted by Crippen LogP contribution is -2.31. The van der Waals surface area contributed by atoms with Crippen molar-refractivity contribution >= 4 is 29.6 Å². The predicted octanol–water partition coefficient (Wildman–Crippen LogP) is 3.24. The third-order valence-electron chi connectivity index (χ3n) is 3.45. The summed E-state index contributed by atoms with van der Waals surface area (Å²) in [5.41, 5.74) is 0.529. The number of esters is 1. The Morgan fingerprint density at radius 3 is 2.64 bits per heavy atom. The number of hydrogen-bond donors (Lipinski definition) is 1. The molecule has 0 aromatic heterocycles. The average Bonchev–Trinajstić information content (AvgIpc) is 2.70. The van der Waals surface area contributed by atoms with Crippen LogP contribution in [-0.4, -0.2) is 38.7 Å². The second-order valence-electron chi connectivity index (χ2n) is 5.46. The van der Waals surface area contributed by atoms with E-state index in [0.717, 1.165) is 6.08 Å². The molecule has 0 spiro atoms. The molecule has 2 rings (SSSR count). The van der Waals surface area contributed by atoms with Crippen molar-refractivity contribution in [2.75, 3.05) is 26.9 Å². The highest BCUT2D eigenvalue weighted by molar-refractivity contribution is 6.30. The topological polar surface area (TPSA) is 73.9 Å². The predicted molar refractivity (Wildman–Crippen MR) is 103 cm³/mol. The zero-order valence-corrected chi connectivity index (χ0v) is 15.9. The van der Waals surface area contributed by atoms with Crippen LogP contribution in [0.3, 0.4) is 0 Å². The van der Waals surface area contributed by atoms with E-state index in [0.29, 0.717) is 17.1 Å². The zero-order chi connectivity index (χ0) is 20.4. The van der Waals surface area contributed by atoms with Crippen LogP contribution in [0.25, 0.3) is 6.08 Å². The number of para-hydroxylation sites is 2. The molecule has 0 bridgehead atoms. The minimum absolute atomic E-state index is 0.0507. The Morgan fingerprint density at radius 1 is 1.18 bits per heavy atom. The van der Waals surface area contributed by atoms with Crippen molar-refractivity contribution in [3.8, 4) is 11.5 Å². The van der Waals surface area contributed by atoms with Gasteiger partial charge in [-0.05, 0) is 35.9 Å². The minimum Gasteiger partial charge on any atom is -0.493 e. The molecule has 0 fully saturated rings. The Balaban J connectivity index is 1.66. The molecule has 0 unspecified atom stereocenters. The van der Waals surface area contributed by atoms with Crippen LogP contribution in [0.4, 0.5) is 4.39 Å². The van der Waals surface area contributed by atoms with Crippen molar-refractivity contribution < 1.29 is 28.2 Å². The molecule has 28 heavy (non-hydrogen) atoms. The molecule has 6 nitrogen and oxygen atoms in total. The average molecular weight is 408 g/mol. The Bertz CT molecular complexity index is 856. The van der Waals surface area contributed by atoms with Crippen molar-refractivity contribution in [3.05, 3.63) is 64.9 Å².